The fourth-order valence-electron chi connectivity index (χ4n) is 1.26. The minimum atomic E-state index is -0.316. The Balaban J connectivity index is 2.87. The van der Waals surface area contributed by atoms with Crippen molar-refractivity contribution in [3.8, 4) is 0 Å². The van der Waals surface area contributed by atoms with Crippen LogP contribution in [0.2, 0.25) is 0 Å². The molecule has 0 aromatic heterocycles. The number of halogens is 1. The van der Waals surface area contributed by atoms with Crippen molar-refractivity contribution >= 4 is 29.1 Å². The van der Waals surface area contributed by atoms with E-state index in [9.17, 15) is 10.1 Å². The van der Waals surface area contributed by atoms with Crippen molar-refractivity contribution in [3.05, 3.63) is 33.9 Å². The third-order valence-corrected chi connectivity index (χ3v) is 4.07. The predicted octanol–water partition coefficient (Wildman–Crippen LogP) is 3.87. The highest BCUT2D eigenvalue weighted by molar-refractivity contribution is 7.99. The average Bonchev–Trinajstić information content (AvgIpc) is 2.25. The zero-order chi connectivity index (χ0) is 12.1. The van der Waals surface area contributed by atoms with Crippen LogP contribution in [0.5, 0.6) is 0 Å². The van der Waals surface area contributed by atoms with Gasteiger partial charge in [-0.15, -0.1) is 23.4 Å². The van der Waals surface area contributed by atoms with E-state index in [1.807, 2.05) is 13.0 Å². The Morgan fingerprint density at radius 3 is 2.81 bits per heavy atom. The average molecular weight is 260 g/mol. The molecular weight excluding hydrogens is 246 g/mol. The first-order chi connectivity index (χ1) is 7.56. The summed E-state index contributed by atoms with van der Waals surface area (Å²) in [5, 5.41) is 10.9. The second kappa shape index (κ2) is 6.11. The maximum absolute atomic E-state index is 10.9. The summed E-state index contributed by atoms with van der Waals surface area (Å²) in [6, 6.07) is 5.39. The van der Waals surface area contributed by atoms with Gasteiger partial charge in [0, 0.05) is 17.2 Å². The van der Waals surface area contributed by atoms with Gasteiger partial charge in [-0.1, -0.05) is 19.1 Å². The van der Waals surface area contributed by atoms with E-state index in [1.54, 1.807) is 19.1 Å². The molecule has 0 bridgehead atoms. The molecule has 0 heterocycles. The third kappa shape index (κ3) is 3.39. The van der Waals surface area contributed by atoms with Gasteiger partial charge in [0.05, 0.1) is 9.82 Å². The first kappa shape index (κ1) is 13.3. The van der Waals surface area contributed by atoms with E-state index in [4.69, 9.17) is 11.6 Å². The molecule has 1 aromatic rings. The van der Waals surface area contributed by atoms with E-state index in [0.29, 0.717) is 17.4 Å². The van der Waals surface area contributed by atoms with Gasteiger partial charge in [-0.25, -0.2) is 0 Å². The highest BCUT2D eigenvalue weighted by atomic mass is 35.5. The molecule has 0 aliphatic rings. The molecular formula is C11H14ClNO2S. The second-order valence-electron chi connectivity index (χ2n) is 3.75. The van der Waals surface area contributed by atoms with Crippen LogP contribution in [-0.2, 0) is 0 Å². The zero-order valence-electron chi connectivity index (χ0n) is 9.27. The molecule has 1 atom stereocenters. The number of alkyl halides is 1. The standard InChI is InChI=1S/C11H14ClNO2S/c1-8(6-12)7-16-10-5-3-4-9(2)11(10)13(14)15/h3-5,8H,6-7H2,1-2H3. The molecule has 0 amide bonds. The number of nitrogens with zero attached hydrogens (tertiary/aromatic N) is 1. The van der Waals surface area contributed by atoms with Gasteiger partial charge in [0.2, 0.25) is 0 Å². The summed E-state index contributed by atoms with van der Waals surface area (Å²) >= 11 is 7.20. The number of aryl methyl sites for hydroxylation is 1. The van der Waals surface area contributed by atoms with Crippen LogP contribution in [0.15, 0.2) is 23.1 Å². The Kier molecular flexibility index (Phi) is 5.09. The number of thioether (sulfide) groups is 1. The van der Waals surface area contributed by atoms with Gasteiger partial charge >= 0.3 is 0 Å². The summed E-state index contributed by atoms with van der Waals surface area (Å²) < 4.78 is 0. The zero-order valence-corrected chi connectivity index (χ0v) is 10.8. The van der Waals surface area contributed by atoms with Gasteiger partial charge < -0.3 is 0 Å². The summed E-state index contributed by atoms with van der Waals surface area (Å²) in [4.78, 5) is 11.3. The van der Waals surface area contributed by atoms with Crippen molar-refractivity contribution in [2.24, 2.45) is 5.92 Å². The Hall–Kier alpha value is -0.740. The summed E-state index contributed by atoms with van der Waals surface area (Å²) in [6.45, 7) is 3.79. The molecule has 0 fully saturated rings. The number of hydrogen-bond acceptors (Lipinski definition) is 3. The van der Waals surface area contributed by atoms with Crippen LogP contribution in [-0.4, -0.2) is 16.6 Å². The van der Waals surface area contributed by atoms with E-state index >= 15 is 0 Å². The fourth-order valence-corrected chi connectivity index (χ4v) is 2.63. The molecule has 88 valence electrons. The first-order valence-corrected chi connectivity index (χ1v) is 6.51. The molecule has 0 saturated carbocycles. The molecule has 1 rings (SSSR count). The van der Waals surface area contributed by atoms with Crippen LogP contribution >= 0.6 is 23.4 Å². The van der Waals surface area contributed by atoms with E-state index in [1.165, 1.54) is 11.8 Å². The molecule has 16 heavy (non-hydrogen) atoms. The van der Waals surface area contributed by atoms with Crippen molar-refractivity contribution < 1.29 is 4.92 Å². The van der Waals surface area contributed by atoms with Crippen LogP contribution in [0, 0.1) is 23.0 Å². The SMILES string of the molecule is Cc1cccc(SCC(C)CCl)c1[N+](=O)[O-]. The molecule has 0 saturated heterocycles. The predicted molar refractivity (Wildman–Crippen MR) is 68.4 cm³/mol. The Morgan fingerprint density at radius 1 is 1.56 bits per heavy atom. The fraction of sp³-hybridized carbons (Fsp3) is 0.455. The first-order valence-electron chi connectivity index (χ1n) is 4.99. The van der Waals surface area contributed by atoms with Gasteiger partial charge in [-0.05, 0) is 18.9 Å². The normalized spacial score (nSPS) is 12.4. The van der Waals surface area contributed by atoms with Crippen molar-refractivity contribution in [2.75, 3.05) is 11.6 Å². The summed E-state index contributed by atoms with van der Waals surface area (Å²) in [7, 11) is 0. The van der Waals surface area contributed by atoms with E-state index in [-0.39, 0.29) is 10.6 Å². The second-order valence-corrected chi connectivity index (χ2v) is 5.12. The number of nitro groups is 1. The lowest BCUT2D eigenvalue weighted by molar-refractivity contribution is -0.388. The van der Waals surface area contributed by atoms with Gasteiger partial charge in [0.15, 0.2) is 0 Å². The van der Waals surface area contributed by atoms with Gasteiger partial charge in [0.25, 0.3) is 5.69 Å². The van der Waals surface area contributed by atoms with Crippen LogP contribution < -0.4 is 0 Å². The molecule has 1 aromatic carbocycles. The van der Waals surface area contributed by atoms with E-state index < -0.39 is 0 Å². The molecule has 0 spiro atoms. The molecule has 0 aliphatic carbocycles. The molecule has 3 nitrogen and oxygen atoms in total. The largest absolute Gasteiger partial charge is 0.285 e. The topological polar surface area (TPSA) is 43.1 Å². The van der Waals surface area contributed by atoms with E-state index in [2.05, 4.69) is 0 Å². The molecule has 0 aliphatic heterocycles. The number of para-hydroxylation sites is 1. The molecule has 5 heteroatoms. The maximum Gasteiger partial charge on any atom is 0.285 e. The summed E-state index contributed by atoms with van der Waals surface area (Å²) in [5.74, 6) is 1.73. The summed E-state index contributed by atoms with van der Waals surface area (Å²) in [5.41, 5.74) is 0.919. The van der Waals surface area contributed by atoms with Gasteiger partial charge in [0.1, 0.15) is 0 Å². The molecule has 1 unspecified atom stereocenters. The third-order valence-electron chi connectivity index (χ3n) is 2.17. The number of nitro benzene ring substituents is 1. The molecule has 0 N–H and O–H groups in total. The van der Waals surface area contributed by atoms with Crippen LogP contribution in [0.4, 0.5) is 5.69 Å². The lowest BCUT2D eigenvalue weighted by Gasteiger charge is -2.08. The summed E-state index contributed by atoms with van der Waals surface area (Å²) in [6.07, 6.45) is 0. The van der Waals surface area contributed by atoms with Crippen molar-refractivity contribution in [3.63, 3.8) is 0 Å². The van der Waals surface area contributed by atoms with Crippen molar-refractivity contribution in [1.82, 2.24) is 0 Å². The Bertz CT molecular complexity index is 384. The minimum Gasteiger partial charge on any atom is -0.258 e. The Morgan fingerprint density at radius 2 is 2.25 bits per heavy atom. The number of rotatable bonds is 5. The van der Waals surface area contributed by atoms with Crippen LogP contribution in [0.25, 0.3) is 0 Å². The van der Waals surface area contributed by atoms with Gasteiger partial charge in [-0.2, -0.15) is 0 Å². The highest BCUT2D eigenvalue weighted by Gasteiger charge is 2.17. The number of hydrogen-bond donors (Lipinski definition) is 0. The Labute approximate surface area is 104 Å². The maximum atomic E-state index is 10.9. The number of benzene rings is 1. The van der Waals surface area contributed by atoms with E-state index in [0.717, 1.165) is 10.6 Å². The lowest BCUT2D eigenvalue weighted by atomic mass is 10.2. The molecule has 0 radical (unpaired) electrons. The van der Waals surface area contributed by atoms with Crippen molar-refractivity contribution in [1.29, 1.82) is 0 Å². The quantitative estimate of drug-likeness (QED) is 0.349. The van der Waals surface area contributed by atoms with Crippen LogP contribution in [0.3, 0.4) is 0 Å². The lowest BCUT2D eigenvalue weighted by Crippen LogP contribution is -2.00. The van der Waals surface area contributed by atoms with Gasteiger partial charge in [-0.3, -0.25) is 10.1 Å². The highest BCUT2D eigenvalue weighted by Crippen LogP contribution is 2.32. The smallest absolute Gasteiger partial charge is 0.258 e. The van der Waals surface area contributed by atoms with Crippen molar-refractivity contribution in [2.45, 2.75) is 18.7 Å². The monoisotopic (exact) mass is 259 g/mol. The van der Waals surface area contributed by atoms with Crippen LogP contribution in [0.1, 0.15) is 12.5 Å². The minimum absolute atomic E-state index is 0.217.